The van der Waals surface area contributed by atoms with E-state index in [0.717, 1.165) is 24.0 Å². The molecule has 1 aliphatic heterocycles. The second-order valence-electron chi connectivity index (χ2n) is 5.42. The minimum atomic E-state index is -1.06. The van der Waals surface area contributed by atoms with E-state index in [4.69, 9.17) is 4.74 Å². The van der Waals surface area contributed by atoms with Gasteiger partial charge in [-0.15, -0.1) is 0 Å². The number of amides is 1. The predicted molar refractivity (Wildman–Crippen MR) is 78.0 cm³/mol. The van der Waals surface area contributed by atoms with Gasteiger partial charge in [0.2, 0.25) is 5.91 Å². The third-order valence-corrected chi connectivity index (χ3v) is 3.96. The molecular weight excluding hydrogens is 270 g/mol. The third kappa shape index (κ3) is 3.61. The van der Waals surface area contributed by atoms with Gasteiger partial charge in [-0.05, 0) is 49.8 Å². The van der Waals surface area contributed by atoms with Gasteiger partial charge in [0, 0.05) is 6.61 Å². The van der Waals surface area contributed by atoms with Crippen LogP contribution in [-0.4, -0.2) is 29.7 Å². The number of carboxylic acids is 1. The number of aryl methyl sites for hydroxylation is 1. The van der Waals surface area contributed by atoms with Gasteiger partial charge >= 0.3 is 5.97 Å². The van der Waals surface area contributed by atoms with Crippen LogP contribution in [0.2, 0.25) is 0 Å². The molecule has 0 bridgehead atoms. The highest BCUT2D eigenvalue weighted by Gasteiger charge is 2.29. The summed E-state index contributed by atoms with van der Waals surface area (Å²) < 4.78 is 5.41. The van der Waals surface area contributed by atoms with Gasteiger partial charge in [-0.1, -0.05) is 18.2 Å². The highest BCUT2D eigenvalue weighted by atomic mass is 16.5. The SMILES string of the molecule is Cc1cccc(C(NC(=O)C2CCCCO2)C(=O)O)c1C. The lowest BCUT2D eigenvalue weighted by Gasteiger charge is -2.24. The molecule has 1 heterocycles. The molecule has 0 radical (unpaired) electrons. The van der Waals surface area contributed by atoms with Gasteiger partial charge in [0.15, 0.2) is 6.04 Å². The van der Waals surface area contributed by atoms with E-state index in [-0.39, 0.29) is 5.91 Å². The van der Waals surface area contributed by atoms with Crippen LogP contribution in [0.25, 0.3) is 0 Å². The van der Waals surface area contributed by atoms with Crippen molar-refractivity contribution in [3.8, 4) is 0 Å². The van der Waals surface area contributed by atoms with Crippen LogP contribution in [0.5, 0.6) is 0 Å². The Balaban J connectivity index is 2.17. The number of ether oxygens (including phenoxy) is 1. The van der Waals surface area contributed by atoms with Crippen molar-refractivity contribution in [3.05, 3.63) is 34.9 Å². The van der Waals surface area contributed by atoms with Gasteiger partial charge in [0.1, 0.15) is 6.10 Å². The summed E-state index contributed by atoms with van der Waals surface area (Å²) in [6, 6.07) is 4.42. The lowest BCUT2D eigenvalue weighted by Crippen LogP contribution is -2.42. The molecule has 2 rings (SSSR count). The van der Waals surface area contributed by atoms with E-state index in [9.17, 15) is 14.7 Å². The molecule has 0 spiro atoms. The number of aliphatic carboxylic acids is 1. The average molecular weight is 291 g/mol. The van der Waals surface area contributed by atoms with Crippen LogP contribution in [-0.2, 0) is 14.3 Å². The molecule has 0 aromatic heterocycles. The summed E-state index contributed by atoms with van der Waals surface area (Å²) in [5.41, 5.74) is 2.50. The standard InChI is InChI=1S/C16H21NO4/c1-10-6-5-7-12(11(10)2)14(16(19)20)17-15(18)13-8-3-4-9-21-13/h5-7,13-14H,3-4,8-9H2,1-2H3,(H,17,18)(H,19,20). The van der Waals surface area contributed by atoms with E-state index in [1.165, 1.54) is 0 Å². The Morgan fingerprint density at radius 3 is 2.71 bits per heavy atom. The van der Waals surface area contributed by atoms with Crippen molar-refractivity contribution in [1.82, 2.24) is 5.32 Å². The summed E-state index contributed by atoms with van der Waals surface area (Å²) >= 11 is 0. The van der Waals surface area contributed by atoms with Crippen LogP contribution in [0.1, 0.15) is 42.0 Å². The largest absolute Gasteiger partial charge is 0.479 e. The van der Waals surface area contributed by atoms with Gasteiger partial charge in [-0.2, -0.15) is 0 Å². The van der Waals surface area contributed by atoms with E-state index < -0.39 is 18.1 Å². The highest BCUT2D eigenvalue weighted by molar-refractivity contribution is 5.87. The topological polar surface area (TPSA) is 75.6 Å². The van der Waals surface area contributed by atoms with Gasteiger partial charge in [-0.3, -0.25) is 4.79 Å². The van der Waals surface area contributed by atoms with Crippen LogP contribution in [0.15, 0.2) is 18.2 Å². The van der Waals surface area contributed by atoms with E-state index in [2.05, 4.69) is 5.32 Å². The number of rotatable bonds is 4. The minimum absolute atomic E-state index is 0.344. The summed E-state index contributed by atoms with van der Waals surface area (Å²) in [5.74, 6) is -1.41. The maximum absolute atomic E-state index is 12.2. The van der Waals surface area contributed by atoms with Gasteiger partial charge in [0.05, 0.1) is 0 Å². The van der Waals surface area contributed by atoms with Crippen molar-refractivity contribution in [3.63, 3.8) is 0 Å². The van der Waals surface area contributed by atoms with Crippen molar-refractivity contribution >= 4 is 11.9 Å². The molecule has 114 valence electrons. The first-order valence-electron chi connectivity index (χ1n) is 7.21. The summed E-state index contributed by atoms with van der Waals surface area (Å²) in [6.07, 6.45) is 1.98. The third-order valence-electron chi connectivity index (χ3n) is 3.96. The second-order valence-corrected chi connectivity index (χ2v) is 5.42. The maximum Gasteiger partial charge on any atom is 0.330 e. The van der Waals surface area contributed by atoms with Crippen LogP contribution >= 0.6 is 0 Å². The summed E-state index contributed by atoms with van der Waals surface area (Å²) in [7, 11) is 0. The van der Waals surface area contributed by atoms with E-state index >= 15 is 0 Å². The molecule has 0 saturated carbocycles. The number of carbonyl (C=O) groups excluding carboxylic acids is 1. The molecule has 2 unspecified atom stereocenters. The number of hydrogen-bond acceptors (Lipinski definition) is 3. The molecule has 1 amide bonds. The molecule has 5 nitrogen and oxygen atoms in total. The number of carbonyl (C=O) groups is 2. The normalized spacial score (nSPS) is 19.8. The number of hydrogen-bond donors (Lipinski definition) is 2. The molecule has 1 aromatic carbocycles. The summed E-state index contributed by atoms with van der Waals surface area (Å²) in [6.45, 7) is 4.34. The molecule has 21 heavy (non-hydrogen) atoms. The summed E-state index contributed by atoms with van der Waals surface area (Å²) in [5, 5.41) is 12.0. The van der Waals surface area contributed by atoms with E-state index in [1.54, 1.807) is 12.1 Å². The van der Waals surface area contributed by atoms with Crippen LogP contribution in [0, 0.1) is 13.8 Å². The molecule has 5 heteroatoms. The molecule has 1 aliphatic rings. The Bertz CT molecular complexity index is 535. The average Bonchev–Trinajstić information content (AvgIpc) is 2.48. The quantitative estimate of drug-likeness (QED) is 0.891. The number of carboxylic acid groups (broad SMARTS) is 1. The monoisotopic (exact) mass is 291 g/mol. The lowest BCUT2D eigenvalue weighted by atomic mass is 9.97. The Hall–Kier alpha value is -1.88. The van der Waals surface area contributed by atoms with Crippen LogP contribution in [0.3, 0.4) is 0 Å². The molecule has 2 atom stereocenters. The Morgan fingerprint density at radius 2 is 2.10 bits per heavy atom. The fraction of sp³-hybridized carbons (Fsp3) is 0.500. The first kappa shape index (κ1) is 15.5. The molecule has 2 N–H and O–H groups in total. The summed E-state index contributed by atoms with van der Waals surface area (Å²) in [4.78, 5) is 23.7. The number of benzene rings is 1. The Labute approximate surface area is 124 Å². The van der Waals surface area contributed by atoms with Crippen molar-refractivity contribution in [1.29, 1.82) is 0 Å². The maximum atomic E-state index is 12.2. The zero-order valence-corrected chi connectivity index (χ0v) is 12.4. The van der Waals surface area contributed by atoms with Crippen molar-refractivity contribution in [2.75, 3.05) is 6.61 Å². The van der Waals surface area contributed by atoms with Crippen LogP contribution in [0.4, 0.5) is 0 Å². The first-order valence-corrected chi connectivity index (χ1v) is 7.21. The van der Waals surface area contributed by atoms with E-state index in [0.29, 0.717) is 18.6 Å². The smallest absolute Gasteiger partial charge is 0.330 e. The lowest BCUT2D eigenvalue weighted by molar-refractivity contribution is -0.145. The van der Waals surface area contributed by atoms with Crippen molar-refractivity contribution < 1.29 is 19.4 Å². The van der Waals surface area contributed by atoms with Crippen molar-refractivity contribution in [2.24, 2.45) is 0 Å². The first-order chi connectivity index (χ1) is 10.0. The van der Waals surface area contributed by atoms with Gasteiger partial charge in [-0.25, -0.2) is 4.79 Å². The molecule has 1 fully saturated rings. The fourth-order valence-corrected chi connectivity index (χ4v) is 2.54. The number of nitrogens with one attached hydrogen (secondary N) is 1. The highest BCUT2D eigenvalue weighted by Crippen LogP contribution is 2.22. The Kier molecular flexibility index (Phi) is 4.96. The molecule has 0 aliphatic carbocycles. The minimum Gasteiger partial charge on any atom is -0.479 e. The fourth-order valence-electron chi connectivity index (χ4n) is 2.54. The molecule has 1 saturated heterocycles. The van der Waals surface area contributed by atoms with Crippen molar-refractivity contribution in [2.45, 2.75) is 45.3 Å². The molecular formula is C16H21NO4. The van der Waals surface area contributed by atoms with Gasteiger partial charge < -0.3 is 15.2 Å². The zero-order chi connectivity index (χ0) is 15.4. The van der Waals surface area contributed by atoms with E-state index in [1.807, 2.05) is 19.9 Å². The second kappa shape index (κ2) is 6.72. The Morgan fingerprint density at radius 1 is 1.33 bits per heavy atom. The van der Waals surface area contributed by atoms with Gasteiger partial charge in [0.25, 0.3) is 0 Å². The zero-order valence-electron chi connectivity index (χ0n) is 12.4. The molecule has 1 aromatic rings. The predicted octanol–water partition coefficient (Wildman–Crippen LogP) is 2.11. The van der Waals surface area contributed by atoms with Crippen LogP contribution < -0.4 is 5.32 Å².